The number of imidazole rings is 1. The molecule has 0 aliphatic heterocycles. The largest absolute Gasteiger partial charge is 0.352 e. The van der Waals surface area contributed by atoms with Crippen molar-refractivity contribution in [3.8, 4) is 0 Å². The van der Waals surface area contributed by atoms with Crippen LogP contribution in [0.4, 0.5) is 0 Å². The van der Waals surface area contributed by atoms with Crippen LogP contribution in [0.25, 0.3) is 0 Å². The van der Waals surface area contributed by atoms with E-state index in [1.807, 2.05) is 24.4 Å². The summed E-state index contributed by atoms with van der Waals surface area (Å²) < 4.78 is 13.5. The van der Waals surface area contributed by atoms with E-state index in [1.54, 1.807) is 36.7 Å². The maximum absolute atomic E-state index is 12.2. The standard InChI is InChI=1S/C20H21N3O2S/c1-26(25)18-9-7-17(8-10-18)20(24)22-12-11-19-21-13-14-23(19)15-16-5-3-2-4-6-16/h2-10,13-14H,11-12,15H2,1H3,(H,22,24). The maximum Gasteiger partial charge on any atom is 0.251 e. The van der Waals surface area contributed by atoms with Crippen LogP contribution in [-0.2, 0) is 23.8 Å². The van der Waals surface area contributed by atoms with E-state index >= 15 is 0 Å². The van der Waals surface area contributed by atoms with Gasteiger partial charge in [-0.15, -0.1) is 0 Å². The molecule has 3 rings (SSSR count). The van der Waals surface area contributed by atoms with Gasteiger partial charge in [-0.3, -0.25) is 9.00 Å². The van der Waals surface area contributed by atoms with Crippen LogP contribution < -0.4 is 5.32 Å². The third-order valence-corrected chi connectivity index (χ3v) is 5.02. The normalized spacial score (nSPS) is 11.9. The zero-order chi connectivity index (χ0) is 18.4. The summed E-state index contributed by atoms with van der Waals surface area (Å²) in [4.78, 5) is 17.3. The Morgan fingerprint density at radius 3 is 2.54 bits per heavy atom. The predicted molar refractivity (Wildman–Crippen MR) is 103 cm³/mol. The molecule has 134 valence electrons. The number of hydrogen-bond donors (Lipinski definition) is 1. The average Bonchev–Trinajstić information content (AvgIpc) is 3.09. The molecule has 1 unspecified atom stereocenters. The molecule has 2 aromatic carbocycles. The number of hydrogen-bond acceptors (Lipinski definition) is 3. The first-order chi connectivity index (χ1) is 12.6. The van der Waals surface area contributed by atoms with Crippen LogP contribution in [0, 0.1) is 0 Å². The van der Waals surface area contributed by atoms with Crippen LogP contribution in [0.3, 0.4) is 0 Å². The SMILES string of the molecule is CS(=O)c1ccc(C(=O)NCCc2nccn2Cc2ccccc2)cc1. The molecule has 26 heavy (non-hydrogen) atoms. The fourth-order valence-electron chi connectivity index (χ4n) is 2.68. The van der Waals surface area contributed by atoms with Gasteiger partial charge in [0.25, 0.3) is 5.91 Å². The van der Waals surface area contributed by atoms with Crippen LogP contribution >= 0.6 is 0 Å². The van der Waals surface area contributed by atoms with Crippen molar-refractivity contribution < 1.29 is 9.00 Å². The fourth-order valence-corrected chi connectivity index (χ4v) is 3.20. The van der Waals surface area contributed by atoms with E-state index < -0.39 is 10.8 Å². The van der Waals surface area contributed by atoms with Gasteiger partial charge in [0.1, 0.15) is 5.82 Å². The molecule has 1 N–H and O–H groups in total. The van der Waals surface area contributed by atoms with Gasteiger partial charge in [0.15, 0.2) is 0 Å². The van der Waals surface area contributed by atoms with E-state index in [1.165, 1.54) is 5.56 Å². The summed E-state index contributed by atoms with van der Waals surface area (Å²) >= 11 is 0. The van der Waals surface area contributed by atoms with Gasteiger partial charge in [0, 0.05) is 59.4 Å². The van der Waals surface area contributed by atoms with E-state index in [2.05, 4.69) is 27.0 Å². The van der Waals surface area contributed by atoms with Crippen molar-refractivity contribution in [3.05, 3.63) is 83.9 Å². The molecule has 5 nitrogen and oxygen atoms in total. The summed E-state index contributed by atoms with van der Waals surface area (Å²) in [5.74, 6) is 0.797. The molecular weight excluding hydrogens is 346 g/mol. The lowest BCUT2D eigenvalue weighted by molar-refractivity contribution is 0.0954. The Morgan fingerprint density at radius 2 is 1.85 bits per heavy atom. The van der Waals surface area contributed by atoms with Crippen molar-refractivity contribution in [3.63, 3.8) is 0 Å². The van der Waals surface area contributed by atoms with Crippen molar-refractivity contribution in [1.82, 2.24) is 14.9 Å². The zero-order valence-electron chi connectivity index (χ0n) is 14.6. The number of nitrogens with one attached hydrogen (secondary N) is 1. The van der Waals surface area contributed by atoms with Gasteiger partial charge in [-0.05, 0) is 29.8 Å². The monoisotopic (exact) mass is 367 g/mol. The van der Waals surface area contributed by atoms with Crippen molar-refractivity contribution in [2.75, 3.05) is 12.8 Å². The van der Waals surface area contributed by atoms with Crippen LogP contribution in [0.15, 0.2) is 71.9 Å². The quantitative estimate of drug-likeness (QED) is 0.698. The van der Waals surface area contributed by atoms with Crippen LogP contribution in [-0.4, -0.2) is 32.5 Å². The molecule has 1 aromatic heterocycles. The molecule has 1 heterocycles. The van der Waals surface area contributed by atoms with Gasteiger partial charge in [0.05, 0.1) is 0 Å². The number of aromatic nitrogens is 2. The third-order valence-electron chi connectivity index (χ3n) is 4.08. The van der Waals surface area contributed by atoms with E-state index in [4.69, 9.17) is 0 Å². The van der Waals surface area contributed by atoms with Crippen molar-refractivity contribution in [2.45, 2.75) is 17.9 Å². The second-order valence-corrected chi connectivity index (χ2v) is 7.32. The second kappa shape index (κ2) is 8.58. The number of carbonyl (C=O) groups excluding carboxylic acids is 1. The average molecular weight is 367 g/mol. The molecular formula is C20H21N3O2S. The summed E-state index contributed by atoms with van der Waals surface area (Å²) in [6.07, 6.45) is 6.01. The van der Waals surface area contributed by atoms with Gasteiger partial charge < -0.3 is 9.88 Å². The first-order valence-corrected chi connectivity index (χ1v) is 9.95. The molecule has 0 bridgehead atoms. The van der Waals surface area contributed by atoms with Gasteiger partial charge in [-0.2, -0.15) is 0 Å². The summed E-state index contributed by atoms with van der Waals surface area (Å²) in [7, 11) is -1.04. The molecule has 0 spiro atoms. The molecule has 1 amide bonds. The van der Waals surface area contributed by atoms with Crippen molar-refractivity contribution >= 4 is 16.7 Å². The Hall–Kier alpha value is -2.73. The number of benzene rings is 2. The lowest BCUT2D eigenvalue weighted by atomic mass is 10.2. The molecule has 0 aliphatic rings. The highest BCUT2D eigenvalue weighted by Gasteiger charge is 2.08. The Kier molecular flexibility index (Phi) is 5.96. The van der Waals surface area contributed by atoms with Gasteiger partial charge >= 0.3 is 0 Å². The van der Waals surface area contributed by atoms with Gasteiger partial charge in [-0.25, -0.2) is 4.98 Å². The number of amides is 1. The summed E-state index contributed by atoms with van der Waals surface area (Å²) in [6.45, 7) is 1.27. The Bertz CT molecular complexity index is 889. The second-order valence-electron chi connectivity index (χ2n) is 5.94. The van der Waals surface area contributed by atoms with Crippen molar-refractivity contribution in [1.29, 1.82) is 0 Å². The summed E-state index contributed by atoms with van der Waals surface area (Å²) in [5.41, 5.74) is 1.77. The van der Waals surface area contributed by atoms with E-state index in [0.717, 1.165) is 12.4 Å². The van der Waals surface area contributed by atoms with Crippen LogP contribution in [0.1, 0.15) is 21.7 Å². The maximum atomic E-state index is 12.2. The van der Waals surface area contributed by atoms with Gasteiger partial charge in [0.2, 0.25) is 0 Å². The first kappa shape index (κ1) is 18.1. The highest BCUT2D eigenvalue weighted by Crippen LogP contribution is 2.08. The predicted octanol–water partition coefficient (Wildman–Crippen LogP) is 2.64. The molecule has 0 saturated carbocycles. The molecule has 0 aliphatic carbocycles. The molecule has 3 aromatic rings. The van der Waals surface area contributed by atoms with Crippen LogP contribution in [0.2, 0.25) is 0 Å². The highest BCUT2D eigenvalue weighted by atomic mass is 32.2. The Morgan fingerprint density at radius 1 is 1.12 bits per heavy atom. The Balaban J connectivity index is 1.54. The van der Waals surface area contributed by atoms with E-state index in [-0.39, 0.29) is 5.91 Å². The first-order valence-electron chi connectivity index (χ1n) is 8.39. The fraction of sp³-hybridized carbons (Fsp3) is 0.200. The van der Waals surface area contributed by atoms with Crippen LogP contribution in [0.5, 0.6) is 0 Å². The topological polar surface area (TPSA) is 64.0 Å². The third kappa shape index (κ3) is 4.67. The minimum atomic E-state index is -1.04. The molecule has 0 radical (unpaired) electrons. The number of carbonyl (C=O) groups is 1. The lowest BCUT2D eigenvalue weighted by Crippen LogP contribution is -2.26. The molecule has 0 saturated heterocycles. The minimum Gasteiger partial charge on any atom is -0.352 e. The van der Waals surface area contributed by atoms with Gasteiger partial charge in [-0.1, -0.05) is 30.3 Å². The zero-order valence-corrected chi connectivity index (χ0v) is 15.4. The van der Waals surface area contributed by atoms with E-state index in [0.29, 0.717) is 23.4 Å². The molecule has 1 atom stereocenters. The Labute approximate surface area is 155 Å². The smallest absolute Gasteiger partial charge is 0.251 e. The lowest BCUT2D eigenvalue weighted by Gasteiger charge is -2.09. The molecule has 6 heteroatoms. The van der Waals surface area contributed by atoms with E-state index in [9.17, 15) is 9.00 Å². The number of rotatable bonds is 7. The summed E-state index contributed by atoms with van der Waals surface area (Å²) in [6, 6.07) is 17.0. The van der Waals surface area contributed by atoms with Crippen molar-refractivity contribution in [2.24, 2.45) is 0 Å². The highest BCUT2D eigenvalue weighted by molar-refractivity contribution is 7.84. The molecule has 0 fully saturated rings. The summed E-state index contributed by atoms with van der Waals surface area (Å²) in [5, 5.41) is 2.91. The number of nitrogens with zero attached hydrogens (tertiary/aromatic N) is 2. The minimum absolute atomic E-state index is 0.139.